The molecule has 2 N–H and O–H groups in total. The van der Waals surface area contributed by atoms with E-state index in [9.17, 15) is 15.2 Å². The number of nitrogens with one attached hydrogen (secondary N) is 1. The van der Waals surface area contributed by atoms with Crippen LogP contribution in [0, 0.1) is 0 Å². The fourth-order valence-corrected chi connectivity index (χ4v) is 6.84. The minimum Gasteiger partial charge on any atom is -0.691 e. The lowest BCUT2D eigenvalue weighted by molar-refractivity contribution is -0.777. The van der Waals surface area contributed by atoms with Crippen molar-refractivity contribution in [3.05, 3.63) is 66.7 Å². The summed E-state index contributed by atoms with van der Waals surface area (Å²) < 4.78 is 23.1. The molecule has 0 aliphatic carbocycles. The Balaban J connectivity index is 1.17. The molecule has 10 nitrogen and oxygen atoms in total. The molecule has 0 saturated carbocycles. The molecule has 0 bridgehead atoms. The number of unbranched alkanes of at least 4 members (excludes halogenated alkanes) is 14. The average Bonchev–Trinajstić information content (AvgIpc) is 3.51. The molecule has 0 saturated heterocycles. The molecule has 0 radical (unpaired) electrons. The second-order valence-corrected chi connectivity index (χ2v) is 13.8. The third-order valence-electron chi connectivity index (χ3n) is 9.28. The number of hydrogen-bond acceptors (Lipinski definition) is 10. The minimum absolute atomic E-state index is 0.0786. The average molecular weight is 738 g/mol. The van der Waals surface area contributed by atoms with Gasteiger partial charge in [0.15, 0.2) is 11.5 Å². The number of ether oxygens (including phenoxy) is 2. The molecule has 0 amide bonds. The highest BCUT2D eigenvalue weighted by atomic mass is 32.2. The number of aromatic nitrogens is 1. The zero-order valence-corrected chi connectivity index (χ0v) is 31.5. The fraction of sp³-hybridized carbons (Fsp3) is 0.537. The smallest absolute Gasteiger partial charge is 0.257 e. The number of rotatable bonds is 29. The lowest BCUT2D eigenvalue weighted by atomic mass is 10.0. The first-order valence-electron chi connectivity index (χ1n) is 19.2. The maximum Gasteiger partial charge on any atom is 0.257 e. The molecule has 11 heteroatoms. The van der Waals surface area contributed by atoms with E-state index < -0.39 is 6.10 Å². The first-order valence-corrected chi connectivity index (χ1v) is 19.9. The van der Waals surface area contributed by atoms with Crippen molar-refractivity contribution in [3.63, 3.8) is 0 Å². The summed E-state index contributed by atoms with van der Waals surface area (Å²) in [5.41, 5.74) is 1.70. The third kappa shape index (κ3) is 13.9. The van der Waals surface area contributed by atoms with Crippen molar-refractivity contribution in [2.75, 3.05) is 26.3 Å². The Morgan fingerprint density at radius 3 is 2.04 bits per heavy atom. The Hall–Kier alpha value is -3.32. The summed E-state index contributed by atoms with van der Waals surface area (Å²) in [5.74, 6) is 1.58. The summed E-state index contributed by atoms with van der Waals surface area (Å²) >= 11 is 0.390. The van der Waals surface area contributed by atoms with Crippen LogP contribution in [0.15, 0.2) is 66.7 Å². The molecule has 1 aromatic heterocycles. The molecule has 0 spiro atoms. The van der Waals surface area contributed by atoms with Gasteiger partial charge in [0.05, 0.1) is 16.4 Å². The monoisotopic (exact) mass is 737 g/mol. The topological polar surface area (TPSA) is 123 Å². The van der Waals surface area contributed by atoms with Gasteiger partial charge in [-0.3, -0.25) is 14.4 Å². The van der Waals surface area contributed by atoms with Crippen LogP contribution in [0.1, 0.15) is 114 Å². The maximum atomic E-state index is 13.6. The molecule has 1 heterocycles. The van der Waals surface area contributed by atoms with Crippen molar-refractivity contribution >= 4 is 40.0 Å². The van der Waals surface area contributed by atoms with E-state index in [0.717, 1.165) is 34.6 Å². The number of hydrogen-bond donors (Lipinski definition) is 2. The van der Waals surface area contributed by atoms with Crippen LogP contribution in [0.5, 0.6) is 17.2 Å². The lowest BCUT2D eigenvalue weighted by Gasteiger charge is -2.15. The van der Waals surface area contributed by atoms with E-state index in [4.69, 9.17) is 13.7 Å². The fourth-order valence-electron chi connectivity index (χ4n) is 6.58. The second-order valence-electron chi connectivity index (χ2n) is 13.3. The van der Waals surface area contributed by atoms with Gasteiger partial charge in [-0.1, -0.05) is 133 Å². The van der Waals surface area contributed by atoms with Gasteiger partial charge in [0, 0.05) is 24.9 Å². The molecule has 3 aromatic carbocycles. The van der Waals surface area contributed by atoms with E-state index in [1.54, 1.807) is 24.3 Å². The molecular formula is C41H57N2O8S-. The largest absolute Gasteiger partial charge is 0.691 e. The van der Waals surface area contributed by atoms with Crippen LogP contribution in [-0.2, 0) is 9.37 Å². The third-order valence-corrected chi connectivity index (χ3v) is 9.64. The summed E-state index contributed by atoms with van der Waals surface area (Å²) in [6.07, 6.45) is 19.2. The van der Waals surface area contributed by atoms with Gasteiger partial charge in [0.2, 0.25) is 5.91 Å². The van der Waals surface area contributed by atoms with Crippen molar-refractivity contribution in [1.82, 2.24) is 9.88 Å². The molecule has 0 fully saturated rings. The standard InChI is InChI=1S/C41H58N2O8S/c1-2-3-4-5-6-7-8-9-10-11-12-13-14-15-16-28-40(45)43-35-23-18-17-22-34(35)41-36(43)24-21-27-39(41)48-32-33(44)31-42-29-30-47-37-25-19-20-26-38(37)49-52-51-50-46/h17-27,33,42,44,46H,2-16,28-32H2,1H3/p-1. The molecule has 4 aromatic rings. The first-order chi connectivity index (χ1) is 25.6. The first kappa shape index (κ1) is 41.4. The number of aliphatic hydroxyl groups excluding tert-OH is 1. The molecule has 0 aliphatic heterocycles. The Morgan fingerprint density at radius 1 is 0.750 bits per heavy atom. The molecule has 4 rings (SSSR count). The van der Waals surface area contributed by atoms with Crippen LogP contribution in [0.3, 0.4) is 0 Å². The van der Waals surface area contributed by atoms with Gasteiger partial charge in [-0.05, 0) is 36.8 Å². The molecule has 0 aliphatic rings. The van der Waals surface area contributed by atoms with E-state index in [-0.39, 0.29) is 12.5 Å². The van der Waals surface area contributed by atoms with E-state index in [2.05, 4.69) is 21.6 Å². The van der Waals surface area contributed by atoms with Gasteiger partial charge in [0.25, 0.3) is 12.3 Å². The highest BCUT2D eigenvalue weighted by Crippen LogP contribution is 2.36. The number of aliphatic hydroxyl groups is 1. The van der Waals surface area contributed by atoms with E-state index in [1.807, 2.05) is 47.0 Å². The van der Waals surface area contributed by atoms with Crippen LogP contribution in [0.4, 0.5) is 0 Å². The van der Waals surface area contributed by atoms with Crippen molar-refractivity contribution in [2.24, 2.45) is 0 Å². The summed E-state index contributed by atoms with van der Waals surface area (Å²) in [4.78, 5) is 13.6. The van der Waals surface area contributed by atoms with Gasteiger partial charge in [-0.25, -0.2) is 0 Å². The second kappa shape index (κ2) is 24.8. The number of nitrogens with zero attached hydrogens (tertiary/aromatic N) is 1. The summed E-state index contributed by atoms with van der Waals surface area (Å²) in [6.45, 7) is 3.41. The quantitative estimate of drug-likeness (QED) is 0.0241. The Kier molecular flexibility index (Phi) is 19.8. The number of carbonyl (C=O) groups is 1. The van der Waals surface area contributed by atoms with Crippen LogP contribution >= 0.6 is 12.3 Å². The summed E-state index contributed by atoms with van der Waals surface area (Å²) in [7, 11) is 0. The predicted molar refractivity (Wildman–Crippen MR) is 206 cm³/mol. The van der Waals surface area contributed by atoms with E-state index in [1.165, 1.54) is 83.5 Å². The number of benzene rings is 3. The summed E-state index contributed by atoms with van der Waals surface area (Å²) in [6, 6.07) is 20.6. The zero-order chi connectivity index (χ0) is 36.6. The molecule has 1 atom stereocenters. The van der Waals surface area contributed by atoms with Crippen molar-refractivity contribution in [2.45, 2.75) is 116 Å². The Bertz CT molecular complexity index is 1580. The normalized spacial score (nSPS) is 12.1. The van der Waals surface area contributed by atoms with Crippen LogP contribution in [-0.4, -0.2) is 48.0 Å². The van der Waals surface area contributed by atoms with E-state index in [0.29, 0.717) is 55.7 Å². The zero-order valence-electron chi connectivity index (χ0n) is 30.7. The number of carbonyl (C=O) groups excluding carboxylic acids is 1. The highest BCUT2D eigenvalue weighted by Gasteiger charge is 2.19. The highest BCUT2D eigenvalue weighted by molar-refractivity contribution is 7.90. The summed E-state index contributed by atoms with van der Waals surface area (Å²) in [5, 5.41) is 28.9. The molecule has 1 unspecified atom stereocenters. The Labute approximate surface area is 313 Å². The SMILES string of the molecule is CCCCCCCCCCCCCCCCCC(=O)n1c2ccccc2c2c(OCC(O)CNCCOc3ccccc3OSOO[O-])cccc21. The Morgan fingerprint density at radius 2 is 1.35 bits per heavy atom. The van der Waals surface area contributed by atoms with Crippen molar-refractivity contribution in [1.29, 1.82) is 0 Å². The maximum absolute atomic E-state index is 13.6. The van der Waals surface area contributed by atoms with Crippen molar-refractivity contribution < 1.29 is 38.2 Å². The van der Waals surface area contributed by atoms with Gasteiger partial charge >= 0.3 is 0 Å². The van der Waals surface area contributed by atoms with Crippen LogP contribution in [0.2, 0.25) is 0 Å². The predicted octanol–water partition coefficient (Wildman–Crippen LogP) is 9.27. The number of fused-ring (bicyclic) bond motifs is 3. The van der Waals surface area contributed by atoms with Crippen molar-refractivity contribution in [3.8, 4) is 17.2 Å². The van der Waals surface area contributed by atoms with Crippen LogP contribution in [0.25, 0.3) is 21.8 Å². The van der Waals surface area contributed by atoms with Crippen LogP contribution < -0.4 is 24.2 Å². The lowest BCUT2D eigenvalue weighted by Crippen LogP contribution is -2.33. The molecule has 52 heavy (non-hydrogen) atoms. The number of para-hydroxylation sites is 3. The van der Waals surface area contributed by atoms with Gasteiger partial charge in [0.1, 0.15) is 25.1 Å². The van der Waals surface area contributed by atoms with Gasteiger partial charge in [-0.2, -0.15) is 0 Å². The van der Waals surface area contributed by atoms with Gasteiger partial charge in [-0.15, -0.1) is 4.33 Å². The minimum atomic E-state index is -0.772. The molecule has 286 valence electrons. The van der Waals surface area contributed by atoms with Gasteiger partial charge < -0.3 is 29.3 Å². The van der Waals surface area contributed by atoms with E-state index >= 15 is 0 Å². The molecular weight excluding hydrogens is 681 g/mol.